The van der Waals surface area contributed by atoms with Crippen LogP contribution in [-0.4, -0.2) is 24.5 Å². The van der Waals surface area contributed by atoms with Crippen molar-refractivity contribution in [3.05, 3.63) is 12.2 Å². The summed E-state index contributed by atoms with van der Waals surface area (Å²) in [7, 11) is 0. The van der Waals surface area contributed by atoms with Gasteiger partial charge in [0.1, 0.15) is 0 Å². The van der Waals surface area contributed by atoms with Crippen molar-refractivity contribution < 1.29 is 4.79 Å². The van der Waals surface area contributed by atoms with E-state index in [9.17, 15) is 4.79 Å². The normalized spacial score (nSPS) is 27.4. The highest BCUT2D eigenvalue weighted by Gasteiger charge is 2.24. The van der Waals surface area contributed by atoms with E-state index in [0.717, 1.165) is 13.0 Å². The van der Waals surface area contributed by atoms with Gasteiger partial charge in [-0.25, -0.2) is 0 Å². The second-order valence-electron chi connectivity index (χ2n) is 4.17. The highest BCUT2D eigenvalue weighted by molar-refractivity contribution is 5.79. The molecule has 0 bridgehead atoms. The zero-order valence-corrected chi connectivity index (χ0v) is 9.21. The summed E-state index contributed by atoms with van der Waals surface area (Å²) in [5.74, 6) is 0.225. The van der Waals surface area contributed by atoms with Crippen LogP contribution in [0.25, 0.3) is 0 Å². The SMILES string of the molecule is CC(C)NC(=O)[C@H]1CC=CCN[C@H]1C. The van der Waals surface area contributed by atoms with Crippen LogP contribution in [0.2, 0.25) is 0 Å². The average molecular weight is 196 g/mol. The minimum atomic E-state index is 0.0659. The molecular formula is C11H20N2O. The molecule has 2 atom stereocenters. The predicted molar refractivity (Wildman–Crippen MR) is 58.0 cm³/mol. The number of hydrogen-bond donors (Lipinski definition) is 2. The fourth-order valence-corrected chi connectivity index (χ4v) is 1.65. The summed E-state index contributed by atoms with van der Waals surface area (Å²) >= 11 is 0. The molecule has 0 spiro atoms. The Morgan fingerprint density at radius 3 is 2.86 bits per heavy atom. The lowest BCUT2D eigenvalue weighted by Crippen LogP contribution is -2.44. The third-order valence-corrected chi connectivity index (χ3v) is 2.49. The van der Waals surface area contributed by atoms with Crippen LogP contribution in [0.1, 0.15) is 27.2 Å². The van der Waals surface area contributed by atoms with E-state index in [2.05, 4.69) is 29.7 Å². The van der Waals surface area contributed by atoms with Crippen LogP contribution >= 0.6 is 0 Å². The van der Waals surface area contributed by atoms with Crippen molar-refractivity contribution in [2.24, 2.45) is 5.92 Å². The van der Waals surface area contributed by atoms with Crippen molar-refractivity contribution in [3.63, 3.8) is 0 Å². The summed E-state index contributed by atoms with van der Waals surface area (Å²) < 4.78 is 0. The van der Waals surface area contributed by atoms with E-state index in [1.807, 2.05) is 13.8 Å². The number of rotatable bonds is 2. The molecule has 0 aromatic rings. The number of hydrogen-bond acceptors (Lipinski definition) is 2. The molecule has 1 aliphatic heterocycles. The molecule has 3 heteroatoms. The molecule has 0 aromatic heterocycles. The summed E-state index contributed by atoms with van der Waals surface area (Å²) in [6, 6.07) is 0.477. The molecule has 1 aliphatic rings. The summed E-state index contributed by atoms with van der Waals surface area (Å²) in [6.45, 7) is 6.91. The Labute approximate surface area is 86.0 Å². The lowest BCUT2D eigenvalue weighted by atomic mass is 9.97. The summed E-state index contributed by atoms with van der Waals surface area (Å²) in [5, 5.41) is 6.26. The molecular weight excluding hydrogens is 176 g/mol. The third-order valence-electron chi connectivity index (χ3n) is 2.49. The molecule has 80 valence electrons. The number of nitrogens with one attached hydrogen (secondary N) is 2. The smallest absolute Gasteiger partial charge is 0.225 e. The Bertz CT molecular complexity index is 223. The van der Waals surface area contributed by atoms with Crippen LogP contribution in [0, 0.1) is 5.92 Å². The van der Waals surface area contributed by atoms with Gasteiger partial charge in [0.2, 0.25) is 5.91 Å². The maximum atomic E-state index is 11.8. The first-order chi connectivity index (χ1) is 6.61. The number of carbonyl (C=O) groups is 1. The van der Waals surface area contributed by atoms with Gasteiger partial charge in [-0.2, -0.15) is 0 Å². The maximum Gasteiger partial charge on any atom is 0.225 e. The van der Waals surface area contributed by atoms with Gasteiger partial charge in [-0.1, -0.05) is 12.2 Å². The van der Waals surface area contributed by atoms with Crippen LogP contribution in [0.4, 0.5) is 0 Å². The van der Waals surface area contributed by atoms with Gasteiger partial charge in [0, 0.05) is 18.6 Å². The van der Waals surface area contributed by atoms with Gasteiger partial charge < -0.3 is 10.6 Å². The number of amides is 1. The van der Waals surface area contributed by atoms with E-state index in [1.54, 1.807) is 0 Å². The molecule has 0 aromatic carbocycles. The van der Waals surface area contributed by atoms with Gasteiger partial charge in [-0.05, 0) is 27.2 Å². The van der Waals surface area contributed by atoms with Gasteiger partial charge in [-0.15, -0.1) is 0 Å². The monoisotopic (exact) mass is 196 g/mol. The fourth-order valence-electron chi connectivity index (χ4n) is 1.65. The Balaban J connectivity index is 2.55. The van der Waals surface area contributed by atoms with Gasteiger partial charge in [-0.3, -0.25) is 4.79 Å². The quantitative estimate of drug-likeness (QED) is 0.649. The Morgan fingerprint density at radius 1 is 1.50 bits per heavy atom. The van der Waals surface area contributed by atoms with Gasteiger partial charge in [0.05, 0.1) is 5.92 Å². The van der Waals surface area contributed by atoms with E-state index < -0.39 is 0 Å². The van der Waals surface area contributed by atoms with Crippen molar-refractivity contribution in [1.82, 2.24) is 10.6 Å². The second-order valence-corrected chi connectivity index (χ2v) is 4.17. The largest absolute Gasteiger partial charge is 0.354 e. The first-order valence-corrected chi connectivity index (χ1v) is 5.30. The maximum absolute atomic E-state index is 11.8. The molecule has 2 N–H and O–H groups in total. The standard InChI is InChI=1S/C11H20N2O/c1-8(2)13-11(14)10-6-4-5-7-12-9(10)3/h4-5,8-10,12H,6-7H2,1-3H3,(H,13,14)/t9-,10-/m0/s1. The molecule has 0 fully saturated rings. The molecule has 0 unspecified atom stereocenters. The first-order valence-electron chi connectivity index (χ1n) is 5.30. The van der Waals surface area contributed by atoms with Gasteiger partial charge in [0.25, 0.3) is 0 Å². The van der Waals surface area contributed by atoms with Crippen molar-refractivity contribution >= 4 is 5.91 Å². The Hall–Kier alpha value is -0.830. The van der Waals surface area contributed by atoms with Gasteiger partial charge >= 0.3 is 0 Å². The molecule has 3 nitrogen and oxygen atoms in total. The topological polar surface area (TPSA) is 41.1 Å². The molecule has 1 amide bonds. The zero-order valence-electron chi connectivity index (χ0n) is 9.21. The minimum Gasteiger partial charge on any atom is -0.354 e. The first kappa shape index (κ1) is 11.2. The molecule has 14 heavy (non-hydrogen) atoms. The van der Waals surface area contributed by atoms with E-state index in [1.165, 1.54) is 0 Å². The van der Waals surface area contributed by atoms with Crippen molar-refractivity contribution in [1.29, 1.82) is 0 Å². The van der Waals surface area contributed by atoms with E-state index in [-0.39, 0.29) is 23.9 Å². The molecule has 0 saturated heterocycles. The van der Waals surface area contributed by atoms with Crippen LogP contribution in [0.15, 0.2) is 12.2 Å². The van der Waals surface area contributed by atoms with Gasteiger partial charge in [0.15, 0.2) is 0 Å². The lowest BCUT2D eigenvalue weighted by molar-refractivity contribution is -0.126. The highest BCUT2D eigenvalue weighted by atomic mass is 16.2. The second kappa shape index (κ2) is 5.15. The summed E-state index contributed by atoms with van der Waals surface area (Å²) in [5.41, 5.74) is 0. The van der Waals surface area contributed by atoms with E-state index in [4.69, 9.17) is 0 Å². The van der Waals surface area contributed by atoms with Crippen molar-refractivity contribution in [2.75, 3.05) is 6.54 Å². The molecule has 0 radical (unpaired) electrons. The van der Waals surface area contributed by atoms with E-state index >= 15 is 0 Å². The van der Waals surface area contributed by atoms with Crippen molar-refractivity contribution in [2.45, 2.75) is 39.3 Å². The fraction of sp³-hybridized carbons (Fsp3) is 0.727. The number of carbonyl (C=O) groups excluding carboxylic acids is 1. The molecule has 1 heterocycles. The predicted octanol–water partition coefficient (Wildman–Crippen LogP) is 1.07. The molecule has 0 aliphatic carbocycles. The number of allylic oxidation sites excluding steroid dienone is 1. The Kier molecular flexibility index (Phi) is 4.14. The molecule has 0 saturated carbocycles. The summed E-state index contributed by atoms with van der Waals surface area (Å²) in [6.07, 6.45) is 5.01. The van der Waals surface area contributed by atoms with Crippen LogP contribution < -0.4 is 10.6 Å². The average Bonchev–Trinajstić information content (AvgIpc) is 2.28. The van der Waals surface area contributed by atoms with E-state index in [0.29, 0.717) is 0 Å². The Morgan fingerprint density at radius 2 is 2.21 bits per heavy atom. The lowest BCUT2D eigenvalue weighted by Gasteiger charge is -2.22. The van der Waals surface area contributed by atoms with Crippen LogP contribution in [-0.2, 0) is 4.79 Å². The highest BCUT2D eigenvalue weighted by Crippen LogP contribution is 2.12. The minimum absolute atomic E-state index is 0.0659. The van der Waals surface area contributed by atoms with Crippen molar-refractivity contribution in [3.8, 4) is 0 Å². The zero-order chi connectivity index (χ0) is 10.6. The molecule has 1 rings (SSSR count). The van der Waals surface area contributed by atoms with Crippen LogP contribution in [0.3, 0.4) is 0 Å². The summed E-state index contributed by atoms with van der Waals surface area (Å²) in [4.78, 5) is 11.8. The van der Waals surface area contributed by atoms with Crippen LogP contribution in [0.5, 0.6) is 0 Å². The third kappa shape index (κ3) is 3.14.